The van der Waals surface area contributed by atoms with Crippen LogP contribution in [0.5, 0.6) is 0 Å². The van der Waals surface area contributed by atoms with Crippen LogP contribution in [-0.2, 0) is 22.6 Å². The molecular weight excluding hydrogens is 514 g/mol. The van der Waals surface area contributed by atoms with E-state index in [1.54, 1.807) is 6.33 Å². The Morgan fingerprint density at radius 1 is 1.03 bits per heavy atom. The lowest BCUT2D eigenvalue weighted by atomic mass is 9.63. The third-order valence-corrected chi connectivity index (χ3v) is 9.90. The highest BCUT2D eigenvalue weighted by Gasteiger charge is 2.44. The summed E-state index contributed by atoms with van der Waals surface area (Å²) in [6.07, 6.45) is 15.3. The summed E-state index contributed by atoms with van der Waals surface area (Å²) in [4.78, 5) is 31.7. The highest BCUT2D eigenvalue weighted by Crippen LogP contribution is 2.47. The number of carboxylic acids is 1. The summed E-state index contributed by atoms with van der Waals surface area (Å²) in [7, 11) is 0. The highest BCUT2D eigenvalue weighted by molar-refractivity contribution is 6.30. The van der Waals surface area contributed by atoms with Crippen LogP contribution in [0.25, 0.3) is 0 Å². The van der Waals surface area contributed by atoms with Crippen LogP contribution in [0.15, 0.2) is 36.9 Å². The van der Waals surface area contributed by atoms with E-state index in [4.69, 9.17) is 11.6 Å². The number of nitrogens with one attached hydrogen (secondary N) is 1. The maximum Gasteiger partial charge on any atom is 0.306 e. The summed E-state index contributed by atoms with van der Waals surface area (Å²) in [5.41, 5.74) is 1.23. The fourth-order valence-corrected chi connectivity index (χ4v) is 7.43. The van der Waals surface area contributed by atoms with E-state index < -0.39 is 5.97 Å². The van der Waals surface area contributed by atoms with Gasteiger partial charge in [-0.05, 0) is 86.8 Å². The molecule has 1 saturated heterocycles. The van der Waals surface area contributed by atoms with E-state index in [0.717, 1.165) is 50.9 Å². The van der Waals surface area contributed by atoms with Gasteiger partial charge >= 0.3 is 5.97 Å². The van der Waals surface area contributed by atoms with Crippen LogP contribution in [0.4, 0.5) is 0 Å². The summed E-state index contributed by atoms with van der Waals surface area (Å²) < 4.78 is 1.99. The number of piperidine rings is 1. The van der Waals surface area contributed by atoms with Crippen molar-refractivity contribution in [3.05, 3.63) is 47.5 Å². The minimum Gasteiger partial charge on any atom is -0.481 e. The predicted octanol–water partition coefficient (Wildman–Crippen LogP) is 4.96. The number of amides is 1. The number of carbonyl (C=O) groups excluding carboxylic acids is 1. The van der Waals surface area contributed by atoms with E-state index >= 15 is 0 Å². The lowest BCUT2D eigenvalue weighted by Gasteiger charge is -2.48. The van der Waals surface area contributed by atoms with Crippen LogP contribution in [0.2, 0.25) is 5.02 Å². The second-order valence-electron chi connectivity index (χ2n) is 12.1. The summed E-state index contributed by atoms with van der Waals surface area (Å²) >= 11 is 6.12. The number of rotatable bonds is 9. The largest absolute Gasteiger partial charge is 0.481 e. The van der Waals surface area contributed by atoms with Crippen molar-refractivity contribution in [2.45, 2.75) is 95.7 Å². The number of halogens is 1. The summed E-state index contributed by atoms with van der Waals surface area (Å²) in [5, 5.41) is 18.2. The molecule has 5 rings (SSSR count). The Morgan fingerprint density at radius 3 is 2.33 bits per heavy atom. The fraction of sp³-hybridized carbons (Fsp3) is 0.667. The molecule has 1 aliphatic heterocycles. The quantitative estimate of drug-likeness (QED) is 0.453. The standard InChI is InChI=1S/C30H42ClN5O3/c31-25-10-6-22(7-11-25)18-27(34-26-12-8-23(9-13-26)29(38)39)28(37)35-16-14-30(15-17-35,19-36-21-32-20-33-36)24-4-2-1-3-5-24/h6-7,10-11,20-21,23-24,26-27,34H,1-5,8-9,12-19H2,(H,38,39)/t23?,26?,27-/m1/s1. The molecule has 1 aromatic heterocycles. The van der Waals surface area contributed by atoms with Gasteiger partial charge in [-0.1, -0.05) is 43.0 Å². The molecule has 2 aromatic rings. The van der Waals surface area contributed by atoms with Gasteiger partial charge in [0, 0.05) is 30.7 Å². The van der Waals surface area contributed by atoms with Gasteiger partial charge in [0.2, 0.25) is 5.91 Å². The van der Waals surface area contributed by atoms with Gasteiger partial charge < -0.3 is 15.3 Å². The van der Waals surface area contributed by atoms with Crippen LogP contribution in [0.1, 0.15) is 76.2 Å². The lowest BCUT2D eigenvalue weighted by Crippen LogP contribution is -2.55. The molecule has 0 radical (unpaired) electrons. The maximum atomic E-state index is 14.0. The van der Waals surface area contributed by atoms with Crippen molar-refractivity contribution >= 4 is 23.5 Å². The van der Waals surface area contributed by atoms with Gasteiger partial charge in [0.05, 0.1) is 12.0 Å². The minimum atomic E-state index is -0.706. The number of hydrogen-bond acceptors (Lipinski definition) is 5. The van der Waals surface area contributed by atoms with E-state index in [2.05, 4.69) is 20.3 Å². The molecule has 8 nitrogen and oxygen atoms in total. The molecule has 1 atom stereocenters. The zero-order chi connectivity index (χ0) is 27.2. The average Bonchev–Trinajstić information content (AvgIpc) is 3.47. The lowest BCUT2D eigenvalue weighted by molar-refractivity contribution is -0.143. The van der Waals surface area contributed by atoms with E-state index in [9.17, 15) is 14.7 Å². The Hall–Kier alpha value is -2.45. The molecule has 0 bridgehead atoms. The number of carbonyl (C=O) groups is 2. The molecule has 0 spiro atoms. The Morgan fingerprint density at radius 2 is 1.72 bits per heavy atom. The number of carboxylic acid groups (broad SMARTS) is 1. The number of benzene rings is 1. The minimum absolute atomic E-state index is 0.152. The molecule has 1 aromatic carbocycles. The predicted molar refractivity (Wildman–Crippen MR) is 150 cm³/mol. The smallest absolute Gasteiger partial charge is 0.306 e. The molecule has 0 unspecified atom stereocenters. The maximum absolute atomic E-state index is 14.0. The molecule has 1 amide bonds. The molecule has 2 aliphatic carbocycles. The number of aliphatic carboxylic acids is 1. The third kappa shape index (κ3) is 7.01. The second-order valence-corrected chi connectivity index (χ2v) is 12.5. The van der Waals surface area contributed by atoms with Crippen molar-refractivity contribution in [1.29, 1.82) is 0 Å². The van der Waals surface area contributed by atoms with Gasteiger partial charge in [0.15, 0.2) is 0 Å². The van der Waals surface area contributed by atoms with Gasteiger partial charge in [0.1, 0.15) is 12.7 Å². The van der Waals surface area contributed by atoms with E-state index in [0.29, 0.717) is 30.2 Å². The van der Waals surface area contributed by atoms with Crippen molar-refractivity contribution in [1.82, 2.24) is 25.0 Å². The van der Waals surface area contributed by atoms with Gasteiger partial charge in [-0.25, -0.2) is 4.98 Å². The van der Waals surface area contributed by atoms with Crippen LogP contribution in [0.3, 0.4) is 0 Å². The first-order valence-corrected chi connectivity index (χ1v) is 15.1. The molecular formula is C30H42ClN5O3. The Bertz CT molecular complexity index is 1070. The third-order valence-electron chi connectivity index (χ3n) is 9.65. The summed E-state index contributed by atoms with van der Waals surface area (Å²) in [6, 6.07) is 7.55. The number of hydrogen-bond donors (Lipinski definition) is 2. The van der Waals surface area contributed by atoms with Gasteiger partial charge in [-0.15, -0.1) is 0 Å². The van der Waals surface area contributed by atoms with Crippen molar-refractivity contribution < 1.29 is 14.7 Å². The normalized spacial score (nSPS) is 24.8. The topological polar surface area (TPSA) is 100 Å². The number of nitrogens with zero attached hydrogens (tertiary/aromatic N) is 4. The van der Waals surface area contributed by atoms with Gasteiger partial charge in [-0.3, -0.25) is 14.3 Å². The molecule has 9 heteroatoms. The molecule has 212 valence electrons. The first-order chi connectivity index (χ1) is 18.9. The molecule has 2 saturated carbocycles. The summed E-state index contributed by atoms with van der Waals surface area (Å²) in [5.74, 6) is -0.153. The van der Waals surface area contributed by atoms with Crippen molar-refractivity contribution in [3.63, 3.8) is 0 Å². The summed E-state index contributed by atoms with van der Waals surface area (Å²) in [6.45, 7) is 2.39. The number of likely N-dealkylation sites (tertiary alicyclic amines) is 1. The Kier molecular flexibility index (Phi) is 9.23. The van der Waals surface area contributed by atoms with Gasteiger partial charge in [-0.2, -0.15) is 5.10 Å². The van der Waals surface area contributed by atoms with Crippen molar-refractivity contribution in [3.8, 4) is 0 Å². The first kappa shape index (κ1) is 28.1. The van der Waals surface area contributed by atoms with E-state index in [1.807, 2.05) is 35.3 Å². The van der Waals surface area contributed by atoms with Crippen molar-refractivity contribution in [2.24, 2.45) is 17.3 Å². The highest BCUT2D eigenvalue weighted by atomic mass is 35.5. The number of aromatic nitrogens is 3. The van der Waals surface area contributed by atoms with Crippen LogP contribution >= 0.6 is 11.6 Å². The van der Waals surface area contributed by atoms with E-state index in [-0.39, 0.29) is 29.3 Å². The Labute approximate surface area is 236 Å². The Balaban J connectivity index is 1.28. The second kappa shape index (κ2) is 12.8. The molecule has 3 fully saturated rings. The molecule has 3 aliphatic rings. The SMILES string of the molecule is O=C(O)C1CCC(N[C@H](Cc2ccc(Cl)cc2)C(=O)N2CCC(Cn3cncn3)(C3CCCCC3)CC2)CC1. The zero-order valence-corrected chi connectivity index (χ0v) is 23.6. The van der Waals surface area contributed by atoms with Gasteiger partial charge in [0.25, 0.3) is 0 Å². The van der Waals surface area contributed by atoms with Crippen LogP contribution < -0.4 is 5.32 Å². The molecule has 39 heavy (non-hydrogen) atoms. The first-order valence-electron chi connectivity index (χ1n) is 14.8. The fourth-order valence-electron chi connectivity index (χ4n) is 7.31. The van der Waals surface area contributed by atoms with Crippen LogP contribution in [0, 0.1) is 17.3 Å². The average molecular weight is 556 g/mol. The van der Waals surface area contributed by atoms with E-state index in [1.165, 1.54) is 32.1 Å². The molecule has 2 heterocycles. The zero-order valence-electron chi connectivity index (χ0n) is 22.8. The van der Waals surface area contributed by atoms with Crippen LogP contribution in [-0.4, -0.2) is 61.8 Å². The van der Waals surface area contributed by atoms with Crippen molar-refractivity contribution in [2.75, 3.05) is 13.1 Å². The molecule has 2 N–H and O–H groups in total. The monoisotopic (exact) mass is 555 g/mol.